The van der Waals surface area contributed by atoms with Crippen LogP contribution in [0.3, 0.4) is 0 Å². The second-order valence-corrected chi connectivity index (χ2v) is 6.45. The molecular formula is C16H13NO4S. The van der Waals surface area contributed by atoms with Crippen molar-refractivity contribution in [3.05, 3.63) is 70.5 Å². The normalized spacial score (nSPS) is 11.5. The van der Waals surface area contributed by atoms with Gasteiger partial charge in [-0.25, -0.2) is 0 Å². The molecule has 0 radical (unpaired) electrons. The minimum Gasteiger partial charge on any atom is -0.373 e. The number of H-pyrrole nitrogens is 1. The van der Waals surface area contributed by atoms with E-state index in [1.54, 1.807) is 36.4 Å². The summed E-state index contributed by atoms with van der Waals surface area (Å²) in [5.74, 6) is -0.251. The van der Waals surface area contributed by atoms with E-state index in [1.165, 1.54) is 18.2 Å². The van der Waals surface area contributed by atoms with Gasteiger partial charge in [-0.3, -0.25) is 4.79 Å². The monoisotopic (exact) mass is 315 g/mol. The van der Waals surface area contributed by atoms with Gasteiger partial charge in [0.25, 0.3) is 5.56 Å². The summed E-state index contributed by atoms with van der Waals surface area (Å²) in [5, 5.41) is 0.691. The zero-order valence-electron chi connectivity index (χ0n) is 11.7. The molecule has 0 fully saturated rings. The van der Waals surface area contributed by atoms with Crippen LogP contribution in [-0.4, -0.2) is 13.4 Å². The Balaban J connectivity index is 2.03. The Morgan fingerprint density at radius 2 is 1.68 bits per heavy atom. The van der Waals surface area contributed by atoms with Gasteiger partial charge in [0.05, 0.1) is 0 Å². The topological polar surface area (TPSA) is 76.2 Å². The standard InChI is InChI=1S/C16H13NO4S/c1-11-6-8-13(9-7-11)22(19,20)21-15-10-12-4-2-3-5-14(12)17-16(15)18/h2-10H,1H3,(H,17,18). The van der Waals surface area contributed by atoms with Gasteiger partial charge in [0, 0.05) is 10.9 Å². The molecule has 0 aliphatic carbocycles. The number of benzene rings is 2. The van der Waals surface area contributed by atoms with E-state index in [9.17, 15) is 13.2 Å². The number of nitrogens with one attached hydrogen (secondary N) is 1. The number of pyridine rings is 1. The van der Waals surface area contributed by atoms with Gasteiger partial charge in [-0.15, -0.1) is 0 Å². The molecule has 0 aliphatic rings. The second-order valence-electron chi connectivity index (χ2n) is 4.90. The van der Waals surface area contributed by atoms with Gasteiger partial charge in [0.15, 0.2) is 0 Å². The number of hydrogen-bond donors (Lipinski definition) is 1. The Kier molecular flexibility index (Phi) is 3.46. The molecular weight excluding hydrogens is 302 g/mol. The maximum atomic E-state index is 12.2. The SMILES string of the molecule is Cc1ccc(S(=O)(=O)Oc2cc3ccccc3[nH]c2=O)cc1. The third-order valence-electron chi connectivity index (χ3n) is 3.23. The third-order valence-corrected chi connectivity index (χ3v) is 4.48. The lowest BCUT2D eigenvalue weighted by Gasteiger charge is -2.07. The summed E-state index contributed by atoms with van der Waals surface area (Å²) < 4.78 is 29.4. The van der Waals surface area contributed by atoms with Crippen molar-refractivity contribution in [2.45, 2.75) is 11.8 Å². The van der Waals surface area contributed by atoms with Gasteiger partial charge in [-0.2, -0.15) is 8.42 Å². The predicted molar refractivity (Wildman–Crippen MR) is 83.6 cm³/mol. The molecule has 0 saturated heterocycles. The van der Waals surface area contributed by atoms with E-state index in [1.807, 2.05) is 6.92 Å². The van der Waals surface area contributed by atoms with Gasteiger partial charge in [0.1, 0.15) is 4.90 Å². The molecule has 6 heteroatoms. The maximum absolute atomic E-state index is 12.2. The first-order valence-electron chi connectivity index (χ1n) is 6.59. The summed E-state index contributed by atoms with van der Waals surface area (Å²) in [6.07, 6.45) is 0. The van der Waals surface area contributed by atoms with Crippen molar-refractivity contribution in [1.82, 2.24) is 4.98 Å². The van der Waals surface area contributed by atoms with Gasteiger partial charge >= 0.3 is 10.1 Å². The molecule has 1 heterocycles. The molecule has 0 spiro atoms. The smallest absolute Gasteiger partial charge is 0.339 e. The summed E-state index contributed by atoms with van der Waals surface area (Å²) in [5.41, 5.74) is 0.962. The van der Waals surface area contributed by atoms with Gasteiger partial charge in [-0.1, -0.05) is 35.9 Å². The summed E-state index contributed by atoms with van der Waals surface area (Å²) in [4.78, 5) is 14.6. The molecule has 3 rings (SSSR count). The average Bonchev–Trinajstić information content (AvgIpc) is 2.48. The highest BCUT2D eigenvalue weighted by Gasteiger charge is 2.18. The van der Waals surface area contributed by atoms with E-state index in [2.05, 4.69) is 4.98 Å². The van der Waals surface area contributed by atoms with Crippen LogP contribution in [0, 0.1) is 6.92 Å². The molecule has 0 saturated carbocycles. The highest BCUT2D eigenvalue weighted by atomic mass is 32.2. The number of fused-ring (bicyclic) bond motifs is 1. The van der Waals surface area contributed by atoms with Crippen LogP contribution in [0.2, 0.25) is 0 Å². The summed E-state index contributed by atoms with van der Waals surface area (Å²) in [6.45, 7) is 1.85. The molecule has 1 N–H and O–H groups in total. The first-order valence-corrected chi connectivity index (χ1v) is 8.00. The number of rotatable bonds is 3. The number of aromatic amines is 1. The maximum Gasteiger partial charge on any atom is 0.339 e. The lowest BCUT2D eigenvalue weighted by molar-refractivity contribution is 0.483. The molecule has 1 aromatic heterocycles. The largest absolute Gasteiger partial charge is 0.373 e. The van der Waals surface area contributed by atoms with Crippen LogP contribution in [0.4, 0.5) is 0 Å². The zero-order valence-corrected chi connectivity index (χ0v) is 12.6. The number of aryl methyl sites for hydroxylation is 1. The van der Waals surface area contributed by atoms with Crippen molar-refractivity contribution in [3.63, 3.8) is 0 Å². The third kappa shape index (κ3) is 2.73. The molecule has 3 aromatic rings. The van der Waals surface area contributed by atoms with Crippen LogP contribution in [0.1, 0.15) is 5.56 Å². The van der Waals surface area contributed by atoms with E-state index in [0.29, 0.717) is 10.9 Å². The van der Waals surface area contributed by atoms with E-state index in [0.717, 1.165) is 5.56 Å². The Morgan fingerprint density at radius 3 is 2.41 bits per heavy atom. The number of aromatic nitrogens is 1. The molecule has 22 heavy (non-hydrogen) atoms. The number of para-hydroxylation sites is 1. The minimum atomic E-state index is -4.04. The summed E-state index contributed by atoms with van der Waals surface area (Å²) in [7, 11) is -4.04. The van der Waals surface area contributed by atoms with E-state index < -0.39 is 15.7 Å². The molecule has 112 valence electrons. The Labute approximate surface area is 127 Å². The first kappa shape index (κ1) is 14.3. The molecule has 0 bridgehead atoms. The van der Waals surface area contributed by atoms with Crippen LogP contribution < -0.4 is 9.74 Å². The second kappa shape index (κ2) is 5.31. The predicted octanol–water partition coefficient (Wildman–Crippen LogP) is 2.60. The van der Waals surface area contributed by atoms with Crippen molar-refractivity contribution in [2.75, 3.05) is 0 Å². The Morgan fingerprint density at radius 1 is 1.00 bits per heavy atom. The fourth-order valence-corrected chi connectivity index (χ4v) is 2.99. The minimum absolute atomic E-state index is 0.00524. The highest BCUT2D eigenvalue weighted by molar-refractivity contribution is 7.87. The van der Waals surface area contributed by atoms with Crippen LogP contribution >= 0.6 is 0 Å². The lowest BCUT2D eigenvalue weighted by Crippen LogP contribution is -2.17. The fourth-order valence-electron chi connectivity index (χ4n) is 2.06. The molecule has 5 nitrogen and oxygen atoms in total. The first-order chi connectivity index (χ1) is 10.5. The van der Waals surface area contributed by atoms with Crippen molar-refractivity contribution >= 4 is 21.0 Å². The van der Waals surface area contributed by atoms with Crippen molar-refractivity contribution in [3.8, 4) is 5.75 Å². The van der Waals surface area contributed by atoms with Crippen LogP contribution in [0.25, 0.3) is 10.9 Å². The lowest BCUT2D eigenvalue weighted by atomic mass is 10.2. The highest BCUT2D eigenvalue weighted by Crippen LogP contribution is 2.19. The summed E-state index contributed by atoms with van der Waals surface area (Å²) >= 11 is 0. The van der Waals surface area contributed by atoms with Crippen LogP contribution in [-0.2, 0) is 10.1 Å². The van der Waals surface area contributed by atoms with Crippen molar-refractivity contribution in [2.24, 2.45) is 0 Å². The molecule has 0 unspecified atom stereocenters. The quantitative estimate of drug-likeness (QED) is 0.754. The summed E-state index contributed by atoms with van der Waals surface area (Å²) in [6, 6.07) is 14.7. The van der Waals surface area contributed by atoms with Gasteiger partial charge in [0.2, 0.25) is 5.75 Å². The van der Waals surface area contributed by atoms with Crippen LogP contribution in [0.5, 0.6) is 5.75 Å². The van der Waals surface area contributed by atoms with Crippen molar-refractivity contribution in [1.29, 1.82) is 0 Å². The average molecular weight is 315 g/mol. The number of hydrogen-bond acceptors (Lipinski definition) is 4. The molecule has 0 amide bonds. The van der Waals surface area contributed by atoms with Gasteiger partial charge in [-0.05, 0) is 31.2 Å². The Bertz CT molecular complexity index is 989. The van der Waals surface area contributed by atoms with E-state index >= 15 is 0 Å². The van der Waals surface area contributed by atoms with E-state index in [4.69, 9.17) is 4.18 Å². The molecule has 0 aliphatic heterocycles. The van der Waals surface area contributed by atoms with Crippen LogP contribution in [0.15, 0.2) is 64.3 Å². The fraction of sp³-hybridized carbons (Fsp3) is 0.0625. The van der Waals surface area contributed by atoms with Gasteiger partial charge < -0.3 is 9.17 Å². The van der Waals surface area contributed by atoms with Crippen molar-refractivity contribution < 1.29 is 12.6 Å². The molecule has 2 aromatic carbocycles. The Hall–Kier alpha value is -2.60. The zero-order chi connectivity index (χ0) is 15.7. The molecule has 0 atom stereocenters. The van der Waals surface area contributed by atoms with E-state index in [-0.39, 0.29) is 10.6 Å².